The molecule has 1 aliphatic heterocycles. The van der Waals surface area contributed by atoms with Crippen LogP contribution in [-0.2, 0) is 17.8 Å². The van der Waals surface area contributed by atoms with Crippen LogP contribution in [0.15, 0.2) is 42.6 Å². The smallest absolute Gasteiger partial charge is 0.257 e. The van der Waals surface area contributed by atoms with Crippen molar-refractivity contribution in [1.29, 1.82) is 0 Å². The molecule has 0 saturated heterocycles. The highest BCUT2D eigenvalue weighted by molar-refractivity contribution is 5.94. The van der Waals surface area contributed by atoms with E-state index in [1.807, 2.05) is 12.1 Å². The summed E-state index contributed by atoms with van der Waals surface area (Å²) in [6, 6.07) is 10.3. The summed E-state index contributed by atoms with van der Waals surface area (Å²) >= 11 is 0. The first kappa shape index (κ1) is 17.3. The fourth-order valence-corrected chi connectivity index (χ4v) is 3.61. The molecule has 1 fully saturated rings. The molecule has 0 spiro atoms. The van der Waals surface area contributed by atoms with E-state index < -0.39 is 5.82 Å². The number of rotatable bonds is 6. The molecule has 2 heterocycles. The Hall–Kier alpha value is -2.14. The first-order valence-electron chi connectivity index (χ1n) is 9.46. The van der Waals surface area contributed by atoms with Gasteiger partial charge in [-0.25, -0.2) is 4.39 Å². The number of amides is 1. The van der Waals surface area contributed by atoms with Gasteiger partial charge < -0.3 is 14.2 Å². The molecule has 5 heteroatoms. The van der Waals surface area contributed by atoms with Crippen LogP contribution < -0.4 is 0 Å². The topological polar surface area (TPSA) is 34.5 Å². The number of fused-ring (bicyclic) bond motifs is 1. The van der Waals surface area contributed by atoms with E-state index in [-0.39, 0.29) is 11.5 Å². The van der Waals surface area contributed by atoms with E-state index in [1.165, 1.54) is 18.9 Å². The number of aromatic nitrogens is 1. The molecule has 4 nitrogen and oxygen atoms in total. The van der Waals surface area contributed by atoms with Crippen molar-refractivity contribution in [2.24, 2.45) is 11.8 Å². The van der Waals surface area contributed by atoms with Crippen molar-refractivity contribution in [3.8, 4) is 0 Å². The van der Waals surface area contributed by atoms with Gasteiger partial charge in [-0.2, -0.15) is 0 Å². The molecule has 1 atom stereocenters. The van der Waals surface area contributed by atoms with Gasteiger partial charge in [0.2, 0.25) is 0 Å². The summed E-state index contributed by atoms with van der Waals surface area (Å²) in [5.41, 5.74) is 1.24. The van der Waals surface area contributed by atoms with Crippen LogP contribution in [0, 0.1) is 17.7 Å². The SMILES string of the molecule is O=C(c1ccccc1F)N1Cc2cccn2C[C@@H](CCOCC2CC2)C1. The molecule has 0 unspecified atom stereocenters. The Bertz CT molecular complexity index is 769. The predicted molar refractivity (Wildman–Crippen MR) is 97.2 cm³/mol. The van der Waals surface area contributed by atoms with Crippen LogP contribution in [0.1, 0.15) is 35.3 Å². The van der Waals surface area contributed by atoms with Gasteiger partial charge in [0.25, 0.3) is 5.91 Å². The van der Waals surface area contributed by atoms with Crippen LogP contribution in [-0.4, -0.2) is 35.1 Å². The fourth-order valence-electron chi connectivity index (χ4n) is 3.61. The van der Waals surface area contributed by atoms with Crippen LogP contribution in [0.4, 0.5) is 4.39 Å². The lowest BCUT2D eigenvalue weighted by Crippen LogP contribution is -2.34. The zero-order valence-electron chi connectivity index (χ0n) is 14.9. The lowest BCUT2D eigenvalue weighted by atomic mass is 10.0. The molecule has 1 aromatic carbocycles. The fraction of sp³-hybridized carbons (Fsp3) is 0.476. The molecule has 1 saturated carbocycles. The van der Waals surface area contributed by atoms with Crippen molar-refractivity contribution in [3.63, 3.8) is 0 Å². The van der Waals surface area contributed by atoms with Crippen molar-refractivity contribution in [2.45, 2.75) is 32.4 Å². The molecule has 0 bridgehead atoms. The first-order chi connectivity index (χ1) is 12.7. The van der Waals surface area contributed by atoms with Gasteiger partial charge in [0.05, 0.1) is 12.1 Å². The lowest BCUT2D eigenvalue weighted by Gasteiger charge is -2.24. The van der Waals surface area contributed by atoms with Gasteiger partial charge in [0.1, 0.15) is 5.82 Å². The van der Waals surface area contributed by atoms with Gasteiger partial charge in [0, 0.05) is 38.2 Å². The van der Waals surface area contributed by atoms with E-state index in [9.17, 15) is 9.18 Å². The number of carbonyl (C=O) groups is 1. The minimum absolute atomic E-state index is 0.149. The Kier molecular flexibility index (Phi) is 5.07. The van der Waals surface area contributed by atoms with Gasteiger partial charge in [-0.1, -0.05) is 12.1 Å². The van der Waals surface area contributed by atoms with Gasteiger partial charge in [-0.3, -0.25) is 4.79 Å². The number of benzene rings is 1. The monoisotopic (exact) mass is 356 g/mol. The Labute approximate surface area is 153 Å². The molecule has 1 aromatic heterocycles. The van der Waals surface area contributed by atoms with Gasteiger partial charge >= 0.3 is 0 Å². The van der Waals surface area contributed by atoms with Crippen LogP contribution in [0.2, 0.25) is 0 Å². The number of hydrogen-bond acceptors (Lipinski definition) is 2. The average molecular weight is 356 g/mol. The second-order valence-electron chi connectivity index (χ2n) is 7.49. The van der Waals surface area contributed by atoms with E-state index in [2.05, 4.69) is 10.8 Å². The van der Waals surface area contributed by atoms with E-state index >= 15 is 0 Å². The van der Waals surface area contributed by atoms with Gasteiger partial charge in [-0.15, -0.1) is 0 Å². The standard InChI is InChI=1S/C21H25FN2O2/c22-20-6-2-1-5-19(20)21(25)24-13-17(9-11-26-15-16-7-8-16)12-23-10-3-4-18(23)14-24/h1-6,10,16-17H,7-9,11-15H2/t17-/m1/s1. The van der Waals surface area contributed by atoms with Gasteiger partial charge in [-0.05, 0) is 55.4 Å². The second-order valence-corrected chi connectivity index (χ2v) is 7.49. The van der Waals surface area contributed by atoms with Gasteiger partial charge in [0.15, 0.2) is 0 Å². The van der Waals surface area contributed by atoms with Crippen LogP contribution in [0.3, 0.4) is 0 Å². The average Bonchev–Trinajstić information content (AvgIpc) is 3.40. The Morgan fingerprint density at radius 3 is 2.77 bits per heavy atom. The largest absolute Gasteiger partial charge is 0.381 e. The van der Waals surface area contributed by atoms with Crippen LogP contribution >= 0.6 is 0 Å². The molecule has 1 aliphatic carbocycles. The molecule has 0 N–H and O–H groups in total. The normalized spacial score (nSPS) is 19.9. The third-order valence-electron chi connectivity index (χ3n) is 5.32. The van der Waals surface area contributed by atoms with Crippen molar-refractivity contribution in [3.05, 3.63) is 59.7 Å². The molecule has 2 aromatic rings. The second kappa shape index (κ2) is 7.62. The summed E-state index contributed by atoms with van der Waals surface area (Å²) in [4.78, 5) is 14.7. The molecule has 2 aliphatic rings. The van der Waals surface area contributed by atoms with Crippen molar-refractivity contribution < 1.29 is 13.9 Å². The predicted octanol–water partition coefficient (Wildman–Crippen LogP) is 3.72. The summed E-state index contributed by atoms with van der Waals surface area (Å²) in [5.74, 6) is 0.376. The van der Waals surface area contributed by atoms with Crippen molar-refractivity contribution in [1.82, 2.24) is 9.47 Å². The minimum atomic E-state index is -0.457. The highest BCUT2D eigenvalue weighted by atomic mass is 19.1. The summed E-state index contributed by atoms with van der Waals surface area (Å²) in [5, 5.41) is 0. The van der Waals surface area contributed by atoms with Crippen molar-refractivity contribution in [2.75, 3.05) is 19.8 Å². The van der Waals surface area contributed by atoms with E-state index in [4.69, 9.17) is 4.74 Å². The third-order valence-corrected chi connectivity index (χ3v) is 5.32. The highest BCUT2D eigenvalue weighted by Gasteiger charge is 2.27. The van der Waals surface area contributed by atoms with Crippen molar-refractivity contribution >= 4 is 5.91 Å². The number of ether oxygens (including phenoxy) is 1. The van der Waals surface area contributed by atoms with E-state index in [0.717, 1.165) is 37.8 Å². The maximum atomic E-state index is 14.1. The summed E-state index contributed by atoms with van der Waals surface area (Å²) < 4.78 is 22.1. The molecule has 0 radical (unpaired) electrons. The zero-order chi connectivity index (χ0) is 17.9. The quantitative estimate of drug-likeness (QED) is 0.740. The summed E-state index contributed by atoms with van der Waals surface area (Å²) in [6.07, 6.45) is 5.55. The number of hydrogen-bond donors (Lipinski definition) is 0. The maximum absolute atomic E-state index is 14.1. The summed E-state index contributed by atoms with van der Waals surface area (Å²) in [6.45, 7) is 3.59. The van der Waals surface area contributed by atoms with Crippen LogP contribution in [0.25, 0.3) is 0 Å². The molecular formula is C21H25FN2O2. The van der Waals surface area contributed by atoms with Crippen LogP contribution in [0.5, 0.6) is 0 Å². The lowest BCUT2D eigenvalue weighted by molar-refractivity contribution is 0.0679. The molecule has 4 rings (SSSR count). The Morgan fingerprint density at radius 2 is 1.96 bits per heavy atom. The highest BCUT2D eigenvalue weighted by Crippen LogP contribution is 2.29. The molecular weight excluding hydrogens is 331 g/mol. The van der Waals surface area contributed by atoms with E-state index in [1.54, 1.807) is 23.1 Å². The number of carbonyl (C=O) groups excluding carboxylic acids is 1. The minimum Gasteiger partial charge on any atom is -0.381 e. The first-order valence-corrected chi connectivity index (χ1v) is 9.46. The Balaban J connectivity index is 1.46. The third kappa shape index (κ3) is 3.98. The number of halogens is 1. The molecule has 26 heavy (non-hydrogen) atoms. The summed E-state index contributed by atoms with van der Waals surface area (Å²) in [7, 11) is 0. The Morgan fingerprint density at radius 1 is 1.12 bits per heavy atom. The maximum Gasteiger partial charge on any atom is 0.257 e. The number of nitrogens with zero attached hydrogens (tertiary/aromatic N) is 2. The molecule has 138 valence electrons. The zero-order valence-corrected chi connectivity index (χ0v) is 14.9. The molecule has 1 amide bonds. The van der Waals surface area contributed by atoms with E-state index in [0.29, 0.717) is 19.0 Å².